The molecule has 2 N–H and O–H groups in total. The zero-order valence-corrected chi connectivity index (χ0v) is 17.3. The second kappa shape index (κ2) is 15.4. The molecular weight excluding hydrogens is 419 g/mol. The van der Waals surface area contributed by atoms with Crippen LogP contribution in [-0.2, 0) is 11.3 Å². The topological polar surface area (TPSA) is 67.8 Å². The van der Waals surface area contributed by atoms with Crippen molar-refractivity contribution in [3.05, 3.63) is 23.9 Å². The Hall–Kier alpha value is -1.09. The molecule has 0 aliphatic heterocycles. The number of nitrogens with one attached hydrogen (secondary N) is 2. The molecule has 0 aliphatic rings. The van der Waals surface area contributed by atoms with Crippen LogP contribution in [0.15, 0.2) is 23.3 Å². The molecule has 1 rings (SSSR count). The summed E-state index contributed by atoms with van der Waals surface area (Å²) in [4.78, 5) is 8.76. The number of hydrogen-bond acceptors (Lipinski definition) is 4. The fraction of sp³-hybridized carbons (Fsp3) is 0.647. The van der Waals surface area contributed by atoms with Gasteiger partial charge in [-0.2, -0.15) is 0 Å². The summed E-state index contributed by atoms with van der Waals surface area (Å²) in [5, 5.41) is 6.56. The maximum absolute atomic E-state index is 5.55. The highest BCUT2D eigenvalue weighted by Crippen LogP contribution is 2.14. The summed E-state index contributed by atoms with van der Waals surface area (Å²) in [7, 11) is 1.62. The molecule has 24 heavy (non-hydrogen) atoms. The predicted molar refractivity (Wildman–Crippen MR) is 109 cm³/mol. The molecule has 1 heterocycles. The third kappa shape index (κ3) is 9.92. The molecule has 0 radical (unpaired) electrons. The van der Waals surface area contributed by atoms with Gasteiger partial charge >= 0.3 is 0 Å². The maximum Gasteiger partial charge on any atom is 0.218 e. The van der Waals surface area contributed by atoms with Crippen LogP contribution in [0.25, 0.3) is 0 Å². The van der Waals surface area contributed by atoms with E-state index in [0.717, 1.165) is 50.7 Å². The average Bonchev–Trinajstić information content (AvgIpc) is 2.59. The van der Waals surface area contributed by atoms with E-state index in [1.54, 1.807) is 13.3 Å². The Balaban J connectivity index is 0.00000529. The fourth-order valence-corrected chi connectivity index (χ4v) is 1.96. The van der Waals surface area contributed by atoms with E-state index in [4.69, 9.17) is 9.47 Å². The zero-order chi connectivity index (χ0) is 16.8. The Kier molecular flexibility index (Phi) is 14.7. The predicted octanol–water partition coefficient (Wildman–Crippen LogP) is 2.97. The molecule has 0 saturated carbocycles. The van der Waals surface area contributed by atoms with Gasteiger partial charge in [0.25, 0.3) is 0 Å². The number of rotatable bonds is 11. The van der Waals surface area contributed by atoms with Gasteiger partial charge in [-0.1, -0.05) is 19.4 Å². The molecule has 0 unspecified atom stereocenters. The second-order valence-corrected chi connectivity index (χ2v) is 5.11. The van der Waals surface area contributed by atoms with Crippen LogP contribution in [-0.4, -0.2) is 44.4 Å². The third-order valence-electron chi connectivity index (χ3n) is 3.20. The molecule has 0 aromatic carbocycles. The molecular formula is C17H31IN4O2. The van der Waals surface area contributed by atoms with Crippen LogP contribution in [0.2, 0.25) is 0 Å². The van der Waals surface area contributed by atoms with E-state index in [1.165, 1.54) is 6.42 Å². The lowest BCUT2D eigenvalue weighted by atomic mass is 10.3. The first-order valence-corrected chi connectivity index (χ1v) is 8.39. The van der Waals surface area contributed by atoms with E-state index in [9.17, 15) is 0 Å². The molecule has 0 spiro atoms. The monoisotopic (exact) mass is 450 g/mol. The van der Waals surface area contributed by atoms with E-state index in [0.29, 0.717) is 12.4 Å². The van der Waals surface area contributed by atoms with Crippen molar-refractivity contribution in [3.63, 3.8) is 0 Å². The summed E-state index contributed by atoms with van der Waals surface area (Å²) in [5.74, 6) is 1.42. The van der Waals surface area contributed by atoms with Crippen LogP contribution in [0, 0.1) is 0 Å². The van der Waals surface area contributed by atoms with Gasteiger partial charge in [0.05, 0.1) is 13.7 Å². The van der Waals surface area contributed by atoms with Gasteiger partial charge in [-0.15, -0.1) is 24.0 Å². The summed E-state index contributed by atoms with van der Waals surface area (Å²) in [6.07, 6.45) is 4.98. The summed E-state index contributed by atoms with van der Waals surface area (Å²) in [6, 6.07) is 3.86. The molecule has 0 atom stereocenters. The highest BCUT2D eigenvalue weighted by Gasteiger charge is 2.03. The molecule has 138 valence electrons. The van der Waals surface area contributed by atoms with Crippen LogP contribution in [0.4, 0.5) is 0 Å². The van der Waals surface area contributed by atoms with Crippen molar-refractivity contribution in [2.45, 2.75) is 39.7 Å². The van der Waals surface area contributed by atoms with Crippen molar-refractivity contribution in [2.75, 3.05) is 33.4 Å². The van der Waals surface area contributed by atoms with Gasteiger partial charge in [-0.3, -0.25) is 0 Å². The van der Waals surface area contributed by atoms with E-state index in [1.807, 2.05) is 12.1 Å². The highest BCUT2D eigenvalue weighted by molar-refractivity contribution is 14.0. The summed E-state index contributed by atoms with van der Waals surface area (Å²) in [5.41, 5.74) is 0.968. The lowest BCUT2D eigenvalue weighted by Crippen LogP contribution is -2.38. The number of ether oxygens (including phenoxy) is 2. The minimum atomic E-state index is 0. The van der Waals surface area contributed by atoms with Gasteiger partial charge in [0, 0.05) is 38.1 Å². The molecule has 0 bridgehead atoms. The van der Waals surface area contributed by atoms with Crippen molar-refractivity contribution in [2.24, 2.45) is 4.99 Å². The normalized spacial score (nSPS) is 10.9. The Morgan fingerprint density at radius 2 is 2.00 bits per heavy atom. The van der Waals surface area contributed by atoms with Crippen molar-refractivity contribution in [1.29, 1.82) is 0 Å². The number of pyridine rings is 1. The van der Waals surface area contributed by atoms with Crippen LogP contribution in [0.3, 0.4) is 0 Å². The first-order valence-electron chi connectivity index (χ1n) is 8.39. The molecule has 0 amide bonds. The average molecular weight is 450 g/mol. The second-order valence-electron chi connectivity index (χ2n) is 5.11. The quantitative estimate of drug-likeness (QED) is 0.235. The number of unbranched alkanes of at least 4 members (excludes halogenated alkanes) is 1. The van der Waals surface area contributed by atoms with E-state index < -0.39 is 0 Å². The lowest BCUT2D eigenvalue weighted by molar-refractivity contribution is 0.129. The van der Waals surface area contributed by atoms with Crippen LogP contribution < -0.4 is 15.4 Å². The van der Waals surface area contributed by atoms with Crippen molar-refractivity contribution < 1.29 is 9.47 Å². The third-order valence-corrected chi connectivity index (χ3v) is 3.20. The van der Waals surface area contributed by atoms with Gasteiger partial charge in [0.1, 0.15) is 0 Å². The number of aliphatic imine (C=N–C) groups is 1. The van der Waals surface area contributed by atoms with Crippen LogP contribution in [0.1, 0.15) is 38.7 Å². The van der Waals surface area contributed by atoms with E-state index in [-0.39, 0.29) is 24.0 Å². The number of guanidine groups is 1. The maximum atomic E-state index is 5.55. The smallest absolute Gasteiger partial charge is 0.218 e. The lowest BCUT2D eigenvalue weighted by Gasteiger charge is -2.12. The Labute approximate surface area is 162 Å². The fourth-order valence-electron chi connectivity index (χ4n) is 1.96. The highest BCUT2D eigenvalue weighted by atomic mass is 127. The van der Waals surface area contributed by atoms with Gasteiger partial charge < -0.3 is 20.1 Å². The molecule has 7 heteroatoms. The molecule has 0 saturated heterocycles. The van der Waals surface area contributed by atoms with Gasteiger partial charge in [-0.05, 0) is 25.8 Å². The largest absolute Gasteiger partial charge is 0.481 e. The Morgan fingerprint density at radius 1 is 1.21 bits per heavy atom. The zero-order valence-electron chi connectivity index (χ0n) is 15.0. The van der Waals surface area contributed by atoms with Gasteiger partial charge in [-0.25, -0.2) is 9.98 Å². The molecule has 1 aromatic rings. The number of nitrogens with zero attached hydrogens (tertiary/aromatic N) is 2. The molecule has 0 aliphatic carbocycles. The summed E-state index contributed by atoms with van der Waals surface area (Å²) in [6.45, 7) is 8.04. The number of methoxy groups -OCH3 is 1. The van der Waals surface area contributed by atoms with E-state index in [2.05, 4.69) is 34.5 Å². The SMILES string of the molecule is CCCCOCCCNC(=NCc1cccnc1OC)NCC.I. The Morgan fingerprint density at radius 3 is 2.71 bits per heavy atom. The van der Waals surface area contributed by atoms with Crippen LogP contribution >= 0.6 is 24.0 Å². The minimum Gasteiger partial charge on any atom is -0.481 e. The summed E-state index contributed by atoms with van der Waals surface area (Å²) >= 11 is 0. The number of halogens is 1. The molecule has 1 aromatic heterocycles. The van der Waals surface area contributed by atoms with Crippen LogP contribution in [0.5, 0.6) is 5.88 Å². The van der Waals surface area contributed by atoms with Crippen molar-refractivity contribution in [3.8, 4) is 5.88 Å². The van der Waals surface area contributed by atoms with Crippen molar-refractivity contribution >= 4 is 29.9 Å². The standard InChI is InChI=1S/C17H30N4O2.HI/c1-4-6-12-23-13-8-11-20-17(18-5-2)21-14-15-9-7-10-19-16(15)22-3;/h7,9-10H,4-6,8,11-14H2,1-3H3,(H2,18,20,21);1H. The van der Waals surface area contributed by atoms with Gasteiger partial charge in [0.15, 0.2) is 5.96 Å². The number of hydrogen-bond donors (Lipinski definition) is 2. The Bertz CT molecular complexity index is 458. The minimum absolute atomic E-state index is 0. The van der Waals surface area contributed by atoms with Crippen molar-refractivity contribution in [1.82, 2.24) is 15.6 Å². The van der Waals surface area contributed by atoms with Gasteiger partial charge in [0.2, 0.25) is 5.88 Å². The van der Waals surface area contributed by atoms with E-state index >= 15 is 0 Å². The first-order chi connectivity index (χ1) is 11.3. The first kappa shape index (κ1) is 22.9. The molecule has 0 fully saturated rings. The number of aromatic nitrogens is 1. The molecule has 6 nitrogen and oxygen atoms in total. The summed E-state index contributed by atoms with van der Waals surface area (Å²) < 4.78 is 10.8.